The number of hydrogen-bond acceptors (Lipinski definition) is 5. The van der Waals surface area contributed by atoms with Gasteiger partial charge in [0.15, 0.2) is 11.6 Å². The van der Waals surface area contributed by atoms with Crippen LogP contribution in [-0.4, -0.2) is 68.6 Å². The standard InChI is InChI=1S/C28H34F4N2O3/c1-18-14-21-20-7-4-3-6-19(20)15-22(21)27(34(18)16-28(31,32)17-35)25-23(36-2)8-9-24(26(25)30)37-13-12-33-11-5-10-29/h3-4,6-9,18,27,33,35H,5,10-17H2,1-2H3/t18-,27+/m1/s1. The molecule has 0 amide bonds. The van der Waals surface area contributed by atoms with Gasteiger partial charge in [-0.15, -0.1) is 0 Å². The fourth-order valence-electron chi connectivity index (χ4n) is 5.38. The minimum Gasteiger partial charge on any atom is -0.496 e. The van der Waals surface area contributed by atoms with Crippen LogP contribution in [0.3, 0.4) is 0 Å². The van der Waals surface area contributed by atoms with Crippen molar-refractivity contribution in [1.29, 1.82) is 0 Å². The molecule has 5 nitrogen and oxygen atoms in total. The van der Waals surface area contributed by atoms with Crippen molar-refractivity contribution < 1.29 is 32.1 Å². The summed E-state index contributed by atoms with van der Waals surface area (Å²) in [6.07, 6.45) is 1.43. The molecule has 202 valence electrons. The minimum absolute atomic E-state index is 0.00662. The average molecular weight is 523 g/mol. The monoisotopic (exact) mass is 522 g/mol. The lowest BCUT2D eigenvalue weighted by atomic mass is 9.84. The van der Waals surface area contributed by atoms with Crippen molar-refractivity contribution in [3.05, 3.63) is 64.5 Å². The molecule has 2 aromatic carbocycles. The quantitative estimate of drug-likeness (QED) is 0.306. The maximum Gasteiger partial charge on any atom is 0.283 e. The van der Waals surface area contributed by atoms with Gasteiger partial charge in [-0.05, 0) is 67.1 Å². The normalized spacial score (nSPS) is 19.6. The Hall–Kier alpha value is -2.62. The third-order valence-corrected chi connectivity index (χ3v) is 7.10. The van der Waals surface area contributed by atoms with Crippen LogP contribution < -0.4 is 14.8 Å². The van der Waals surface area contributed by atoms with Crippen LogP contribution in [0.2, 0.25) is 0 Å². The number of methoxy groups -OCH3 is 1. The van der Waals surface area contributed by atoms with Gasteiger partial charge in [0, 0.05) is 12.6 Å². The summed E-state index contributed by atoms with van der Waals surface area (Å²) in [4.78, 5) is 1.57. The van der Waals surface area contributed by atoms with E-state index in [2.05, 4.69) is 5.32 Å². The molecule has 4 rings (SSSR count). The molecule has 2 aliphatic rings. The molecule has 0 fully saturated rings. The van der Waals surface area contributed by atoms with Crippen LogP contribution in [0.5, 0.6) is 11.5 Å². The minimum atomic E-state index is -3.36. The smallest absolute Gasteiger partial charge is 0.283 e. The van der Waals surface area contributed by atoms with E-state index < -0.39 is 37.6 Å². The van der Waals surface area contributed by atoms with E-state index in [0.29, 0.717) is 32.4 Å². The fraction of sp³-hybridized carbons (Fsp3) is 0.500. The molecule has 0 spiro atoms. The summed E-state index contributed by atoms with van der Waals surface area (Å²) in [7, 11) is 1.42. The predicted octanol–water partition coefficient (Wildman–Crippen LogP) is 4.94. The van der Waals surface area contributed by atoms with E-state index in [-0.39, 0.29) is 29.7 Å². The lowest BCUT2D eigenvalue weighted by Gasteiger charge is -2.43. The number of aliphatic hydroxyl groups is 1. The first-order valence-corrected chi connectivity index (χ1v) is 12.6. The topological polar surface area (TPSA) is 54.0 Å². The Morgan fingerprint density at radius 3 is 2.62 bits per heavy atom. The summed E-state index contributed by atoms with van der Waals surface area (Å²) in [5.41, 5.74) is 4.18. The molecule has 2 aromatic rings. The number of alkyl halides is 3. The molecule has 0 saturated heterocycles. The highest BCUT2D eigenvalue weighted by Gasteiger charge is 2.45. The number of nitrogens with one attached hydrogen (secondary N) is 1. The van der Waals surface area contributed by atoms with Gasteiger partial charge in [-0.3, -0.25) is 9.29 Å². The van der Waals surface area contributed by atoms with E-state index in [1.54, 1.807) is 11.0 Å². The van der Waals surface area contributed by atoms with Crippen molar-refractivity contribution in [3.8, 4) is 11.5 Å². The zero-order valence-corrected chi connectivity index (χ0v) is 21.2. The van der Waals surface area contributed by atoms with Crippen LogP contribution in [0.1, 0.15) is 42.5 Å². The maximum absolute atomic E-state index is 16.2. The van der Waals surface area contributed by atoms with Crippen molar-refractivity contribution in [1.82, 2.24) is 10.2 Å². The summed E-state index contributed by atoms with van der Waals surface area (Å²) in [6.45, 7) is 0.447. The predicted molar refractivity (Wildman–Crippen MR) is 135 cm³/mol. The van der Waals surface area contributed by atoms with Crippen molar-refractivity contribution in [2.75, 3.05) is 46.6 Å². The van der Waals surface area contributed by atoms with E-state index in [1.165, 1.54) is 13.2 Å². The Labute approximate surface area is 215 Å². The highest BCUT2D eigenvalue weighted by molar-refractivity contribution is 5.79. The molecule has 2 N–H and O–H groups in total. The Kier molecular flexibility index (Phi) is 8.77. The number of aliphatic hydroxyl groups excluding tert-OH is 1. The molecule has 37 heavy (non-hydrogen) atoms. The van der Waals surface area contributed by atoms with Gasteiger partial charge in [0.2, 0.25) is 0 Å². The van der Waals surface area contributed by atoms with Gasteiger partial charge in [-0.2, -0.15) is 0 Å². The van der Waals surface area contributed by atoms with Gasteiger partial charge >= 0.3 is 0 Å². The summed E-state index contributed by atoms with van der Waals surface area (Å²) in [5.74, 6) is -3.79. The first-order chi connectivity index (χ1) is 17.8. The molecule has 0 bridgehead atoms. The lowest BCUT2D eigenvalue weighted by Crippen LogP contribution is -2.48. The number of rotatable bonds is 12. The second-order valence-electron chi connectivity index (χ2n) is 9.61. The van der Waals surface area contributed by atoms with Gasteiger partial charge < -0.3 is 19.9 Å². The molecular formula is C28H34F4N2O3. The third kappa shape index (κ3) is 5.78. The van der Waals surface area contributed by atoms with E-state index >= 15 is 4.39 Å². The highest BCUT2D eigenvalue weighted by atomic mass is 19.3. The molecule has 0 unspecified atom stereocenters. The van der Waals surface area contributed by atoms with Gasteiger partial charge in [0.05, 0.1) is 31.9 Å². The van der Waals surface area contributed by atoms with E-state index in [0.717, 1.165) is 22.3 Å². The highest BCUT2D eigenvalue weighted by Crippen LogP contribution is 2.52. The van der Waals surface area contributed by atoms with Crippen LogP contribution >= 0.6 is 0 Å². The van der Waals surface area contributed by atoms with E-state index in [1.807, 2.05) is 31.2 Å². The first-order valence-electron chi connectivity index (χ1n) is 12.6. The molecule has 1 aliphatic carbocycles. The SMILES string of the molecule is COc1ccc(OCCNCCCF)c(F)c1[C@@H]1C2=C(C[C@@H](C)N1CC(F)(F)CO)c1ccccc1C2. The van der Waals surface area contributed by atoms with Gasteiger partial charge in [-0.25, -0.2) is 13.2 Å². The number of hydrogen-bond donors (Lipinski definition) is 2. The molecule has 0 radical (unpaired) electrons. The lowest BCUT2D eigenvalue weighted by molar-refractivity contribution is -0.0861. The molecule has 2 atom stereocenters. The van der Waals surface area contributed by atoms with E-state index in [4.69, 9.17) is 9.47 Å². The van der Waals surface area contributed by atoms with Crippen molar-refractivity contribution in [2.24, 2.45) is 0 Å². The molecular weight excluding hydrogens is 488 g/mol. The summed E-state index contributed by atoms with van der Waals surface area (Å²) in [5, 5.41) is 12.4. The molecule has 1 heterocycles. The van der Waals surface area contributed by atoms with Crippen LogP contribution in [0, 0.1) is 5.82 Å². The number of halogens is 4. The molecule has 1 aliphatic heterocycles. The van der Waals surface area contributed by atoms with Gasteiger partial charge in [-0.1, -0.05) is 24.3 Å². The number of ether oxygens (including phenoxy) is 2. The average Bonchev–Trinajstić information content (AvgIpc) is 3.25. The Morgan fingerprint density at radius 1 is 1.14 bits per heavy atom. The molecule has 0 aromatic heterocycles. The second kappa shape index (κ2) is 11.8. The molecule has 0 saturated carbocycles. The number of benzene rings is 2. The van der Waals surface area contributed by atoms with Crippen LogP contribution in [0.4, 0.5) is 17.6 Å². The van der Waals surface area contributed by atoms with Crippen LogP contribution in [-0.2, 0) is 6.42 Å². The zero-order chi connectivity index (χ0) is 26.6. The van der Waals surface area contributed by atoms with Gasteiger partial charge in [0.25, 0.3) is 5.92 Å². The second-order valence-corrected chi connectivity index (χ2v) is 9.61. The van der Waals surface area contributed by atoms with E-state index in [9.17, 15) is 18.3 Å². The number of fused-ring (bicyclic) bond motifs is 2. The maximum atomic E-state index is 16.2. The van der Waals surface area contributed by atoms with Crippen molar-refractivity contribution in [3.63, 3.8) is 0 Å². The van der Waals surface area contributed by atoms with Crippen LogP contribution in [0.25, 0.3) is 5.57 Å². The van der Waals surface area contributed by atoms with Gasteiger partial charge in [0.1, 0.15) is 19.0 Å². The first kappa shape index (κ1) is 27.4. The Morgan fingerprint density at radius 2 is 1.89 bits per heavy atom. The third-order valence-electron chi connectivity index (χ3n) is 7.10. The fourth-order valence-corrected chi connectivity index (χ4v) is 5.38. The van der Waals surface area contributed by atoms with Crippen molar-refractivity contribution in [2.45, 2.75) is 44.2 Å². The largest absolute Gasteiger partial charge is 0.496 e. The van der Waals surface area contributed by atoms with Crippen molar-refractivity contribution >= 4 is 5.57 Å². The summed E-state index contributed by atoms with van der Waals surface area (Å²) >= 11 is 0. The Balaban J connectivity index is 1.75. The number of nitrogens with zero attached hydrogens (tertiary/aromatic N) is 1. The molecule has 9 heteroatoms. The van der Waals surface area contributed by atoms with Crippen LogP contribution in [0.15, 0.2) is 42.0 Å². The summed E-state index contributed by atoms with van der Waals surface area (Å²) in [6, 6.07) is 9.78. The zero-order valence-electron chi connectivity index (χ0n) is 21.2. The Bertz CT molecular complexity index is 1120. The summed E-state index contributed by atoms with van der Waals surface area (Å²) < 4.78 is 68.8.